The van der Waals surface area contributed by atoms with E-state index in [0.29, 0.717) is 18.6 Å². The lowest BCUT2D eigenvalue weighted by molar-refractivity contribution is -0.146. The Hall–Kier alpha value is -1.82. The van der Waals surface area contributed by atoms with E-state index in [9.17, 15) is 14.7 Å². The summed E-state index contributed by atoms with van der Waals surface area (Å²) in [5.74, 6) is -0.610. The molecule has 1 aliphatic rings. The van der Waals surface area contributed by atoms with Gasteiger partial charge in [0, 0.05) is 0 Å². The van der Waals surface area contributed by atoms with Gasteiger partial charge in [-0.15, -0.1) is 0 Å². The fraction of sp³-hybridized carbons (Fsp3) is 0.571. The smallest absolute Gasteiger partial charge is 0.329 e. The number of carbonyl (C=O) groups excluding carboxylic acids is 1. The van der Waals surface area contributed by atoms with Crippen molar-refractivity contribution in [2.75, 3.05) is 0 Å². The van der Waals surface area contributed by atoms with Gasteiger partial charge in [0.2, 0.25) is 0 Å². The van der Waals surface area contributed by atoms with Crippen LogP contribution in [0.3, 0.4) is 0 Å². The van der Waals surface area contributed by atoms with Crippen molar-refractivity contribution in [2.24, 2.45) is 11.7 Å². The molecule has 1 amide bonds. The van der Waals surface area contributed by atoms with Gasteiger partial charge in [-0.1, -0.05) is 19.8 Å². The first-order chi connectivity index (χ1) is 9.47. The van der Waals surface area contributed by atoms with Gasteiger partial charge in [0.15, 0.2) is 5.76 Å². The normalized spacial score (nSPS) is 26.2. The molecule has 20 heavy (non-hydrogen) atoms. The predicted octanol–water partition coefficient (Wildman–Crippen LogP) is 1.50. The number of carbonyl (C=O) groups is 2. The summed E-state index contributed by atoms with van der Waals surface area (Å²) in [4.78, 5) is 23.7. The highest BCUT2D eigenvalue weighted by Crippen LogP contribution is 2.32. The van der Waals surface area contributed by atoms with E-state index in [2.05, 4.69) is 5.32 Å². The van der Waals surface area contributed by atoms with Crippen LogP contribution in [0, 0.1) is 5.92 Å². The van der Waals surface area contributed by atoms with E-state index in [-0.39, 0.29) is 18.2 Å². The molecule has 0 bridgehead atoms. The molecule has 6 heteroatoms. The number of furan rings is 1. The molecule has 4 N–H and O–H groups in total. The van der Waals surface area contributed by atoms with E-state index in [4.69, 9.17) is 10.2 Å². The SMILES string of the molecule is CC1CCCC(NC(=O)c2ccc(CN)o2)(C(=O)O)C1. The Bertz CT molecular complexity index is 511. The fourth-order valence-corrected chi connectivity index (χ4v) is 2.80. The highest BCUT2D eigenvalue weighted by molar-refractivity contribution is 5.95. The molecule has 2 atom stereocenters. The topological polar surface area (TPSA) is 106 Å². The first-order valence-corrected chi connectivity index (χ1v) is 6.81. The van der Waals surface area contributed by atoms with Gasteiger partial charge in [-0.25, -0.2) is 4.79 Å². The van der Waals surface area contributed by atoms with Crippen LogP contribution >= 0.6 is 0 Å². The molecule has 1 aliphatic carbocycles. The Morgan fingerprint density at radius 2 is 2.30 bits per heavy atom. The molecular weight excluding hydrogens is 260 g/mol. The lowest BCUT2D eigenvalue weighted by Crippen LogP contribution is -2.56. The Morgan fingerprint density at radius 1 is 1.55 bits per heavy atom. The number of amides is 1. The third kappa shape index (κ3) is 2.85. The molecule has 2 unspecified atom stereocenters. The summed E-state index contributed by atoms with van der Waals surface area (Å²) in [6.45, 7) is 2.21. The van der Waals surface area contributed by atoms with E-state index >= 15 is 0 Å². The number of carboxylic acids is 1. The van der Waals surface area contributed by atoms with Crippen LogP contribution in [0.1, 0.15) is 48.9 Å². The van der Waals surface area contributed by atoms with Gasteiger partial charge >= 0.3 is 5.97 Å². The maximum absolute atomic E-state index is 12.1. The summed E-state index contributed by atoms with van der Waals surface area (Å²) in [5.41, 5.74) is 4.23. The van der Waals surface area contributed by atoms with Crippen LogP contribution in [-0.2, 0) is 11.3 Å². The minimum atomic E-state index is -1.19. The molecule has 0 aromatic carbocycles. The van der Waals surface area contributed by atoms with Crippen molar-refractivity contribution in [1.29, 1.82) is 0 Å². The third-order valence-electron chi connectivity index (χ3n) is 3.85. The maximum Gasteiger partial charge on any atom is 0.329 e. The van der Waals surface area contributed by atoms with E-state index in [0.717, 1.165) is 12.8 Å². The van der Waals surface area contributed by atoms with Crippen LogP contribution in [0.4, 0.5) is 0 Å². The fourth-order valence-electron chi connectivity index (χ4n) is 2.80. The molecule has 2 rings (SSSR count). The van der Waals surface area contributed by atoms with Gasteiger partial charge in [-0.2, -0.15) is 0 Å². The number of hydrogen-bond acceptors (Lipinski definition) is 4. The molecule has 6 nitrogen and oxygen atoms in total. The molecule has 0 saturated heterocycles. The van der Waals surface area contributed by atoms with Gasteiger partial charge in [-0.3, -0.25) is 4.79 Å². The first kappa shape index (κ1) is 14.6. The molecule has 1 aromatic heterocycles. The number of nitrogens with two attached hydrogens (primary N) is 1. The molecule has 1 heterocycles. The molecule has 1 saturated carbocycles. The average molecular weight is 280 g/mol. The summed E-state index contributed by atoms with van der Waals surface area (Å²) in [6, 6.07) is 3.13. The molecule has 1 fully saturated rings. The van der Waals surface area contributed by atoms with Crippen LogP contribution in [-0.4, -0.2) is 22.5 Å². The summed E-state index contributed by atoms with van der Waals surface area (Å²) < 4.78 is 5.26. The number of nitrogens with one attached hydrogen (secondary N) is 1. The standard InChI is InChI=1S/C14H20N2O4/c1-9-3-2-6-14(7-9,13(18)19)16-12(17)11-5-4-10(8-15)20-11/h4-5,9H,2-3,6-8,15H2,1H3,(H,16,17)(H,18,19). The largest absolute Gasteiger partial charge is 0.480 e. The average Bonchev–Trinajstić information content (AvgIpc) is 2.87. The second-order valence-corrected chi connectivity index (χ2v) is 5.51. The van der Waals surface area contributed by atoms with E-state index in [1.54, 1.807) is 6.07 Å². The highest BCUT2D eigenvalue weighted by atomic mass is 16.4. The van der Waals surface area contributed by atoms with Crippen molar-refractivity contribution in [3.63, 3.8) is 0 Å². The van der Waals surface area contributed by atoms with Crippen LogP contribution in [0.25, 0.3) is 0 Å². The summed E-state index contributed by atoms with van der Waals surface area (Å²) >= 11 is 0. The monoisotopic (exact) mass is 280 g/mol. The maximum atomic E-state index is 12.1. The van der Waals surface area contributed by atoms with E-state index in [1.807, 2.05) is 6.92 Å². The lowest BCUT2D eigenvalue weighted by Gasteiger charge is -2.36. The molecule has 0 aliphatic heterocycles. The zero-order chi connectivity index (χ0) is 14.8. The van der Waals surface area contributed by atoms with Crippen molar-refractivity contribution in [3.05, 3.63) is 23.7 Å². The van der Waals surface area contributed by atoms with Crippen LogP contribution in [0.5, 0.6) is 0 Å². The minimum Gasteiger partial charge on any atom is -0.480 e. The van der Waals surface area contributed by atoms with Gasteiger partial charge < -0.3 is 20.6 Å². The zero-order valence-electron chi connectivity index (χ0n) is 11.5. The third-order valence-corrected chi connectivity index (χ3v) is 3.85. The van der Waals surface area contributed by atoms with E-state index in [1.165, 1.54) is 6.07 Å². The second-order valence-electron chi connectivity index (χ2n) is 5.51. The van der Waals surface area contributed by atoms with Gasteiger partial charge in [-0.05, 0) is 30.9 Å². The Labute approximate surface area is 117 Å². The van der Waals surface area contributed by atoms with Crippen molar-refractivity contribution in [1.82, 2.24) is 5.32 Å². The molecular formula is C14H20N2O4. The first-order valence-electron chi connectivity index (χ1n) is 6.81. The predicted molar refractivity (Wildman–Crippen MR) is 72.1 cm³/mol. The van der Waals surface area contributed by atoms with E-state index < -0.39 is 17.4 Å². The summed E-state index contributed by atoms with van der Waals surface area (Å²) in [7, 11) is 0. The highest BCUT2D eigenvalue weighted by Gasteiger charge is 2.43. The van der Waals surface area contributed by atoms with Crippen LogP contribution in [0.2, 0.25) is 0 Å². The summed E-state index contributed by atoms with van der Waals surface area (Å²) in [6.07, 6.45) is 2.67. The number of hydrogen-bond donors (Lipinski definition) is 3. The Kier molecular flexibility index (Phi) is 4.13. The van der Waals surface area contributed by atoms with Crippen molar-refractivity contribution >= 4 is 11.9 Å². The second kappa shape index (κ2) is 5.66. The molecule has 0 radical (unpaired) electrons. The van der Waals surface area contributed by atoms with Gasteiger partial charge in [0.1, 0.15) is 11.3 Å². The molecule has 1 aromatic rings. The number of carboxylic acid groups (broad SMARTS) is 1. The van der Waals surface area contributed by atoms with Crippen LogP contribution in [0.15, 0.2) is 16.5 Å². The number of aliphatic carboxylic acids is 1. The van der Waals surface area contributed by atoms with Crippen LogP contribution < -0.4 is 11.1 Å². The minimum absolute atomic E-state index is 0.101. The summed E-state index contributed by atoms with van der Waals surface area (Å²) in [5, 5.41) is 12.1. The number of rotatable bonds is 4. The Morgan fingerprint density at radius 3 is 2.85 bits per heavy atom. The molecule has 110 valence electrons. The molecule has 0 spiro atoms. The van der Waals surface area contributed by atoms with Crippen molar-refractivity contribution in [2.45, 2.75) is 44.7 Å². The Balaban J connectivity index is 2.15. The zero-order valence-corrected chi connectivity index (χ0v) is 11.5. The van der Waals surface area contributed by atoms with Gasteiger partial charge in [0.05, 0.1) is 6.54 Å². The van der Waals surface area contributed by atoms with Crippen molar-refractivity contribution in [3.8, 4) is 0 Å². The van der Waals surface area contributed by atoms with Crippen molar-refractivity contribution < 1.29 is 19.1 Å². The lowest BCUT2D eigenvalue weighted by atomic mass is 9.76. The van der Waals surface area contributed by atoms with Gasteiger partial charge in [0.25, 0.3) is 5.91 Å². The quantitative estimate of drug-likeness (QED) is 0.775.